The number of rotatable bonds is 3. The van der Waals surface area contributed by atoms with E-state index >= 15 is 0 Å². The molecule has 0 aromatic heterocycles. The van der Waals surface area contributed by atoms with E-state index in [1.54, 1.807) is 0 Å². The standard InChI is InChI=1S/C13H21N3S/c1-8(2)15-13(14)16-17-12-10(4)6-9(3)7-11(12)5/h6-8H,1-5H3,(H3,14,15,16). The second kappa shape index (κ2) is 5.96. The van der Waals surface area contributed by atoms with Crippen molar-refractivity contribution in [1.29, 1.82) is 0 Å². The number of hydrogen-bond acceptors (Lipinski definition) is 2. The number of hydrogen-bond donors (Lipinski definition) is 2. The predicted octanol–water partition coefficient (Wildman–Crippen LogP) is 2.93. The highest BCUT2D eigenvalue weighted by Gasteiger charge is 2.05. The van der Waals surface area contributed by atoms with Crippen LogP contribution in [0.4, 0.5) is 0 Å². The fraction of sp³-hybridized carbons (Fsp3) is 0.462. The summed E-state index contributed by atoms with van der Waals surface area (Å²) >= 11 is 1.53. The quantitative estimate of drug-likeness (QED) is 0.493. The zero-order valence-electron chi connectivity index (χ0n) is 11.2. The Morgan fingerprint density at radius 2 is 1.76 bits per heavy atom. The SMILES string of the molecule is Cc1cc(C)c(SNC(N)=NC(C)C)c(C)c1. The van der Waals surface area contributed by atoms with Crippen LogP contribution in [0.3, 0.4) is 0 Å². The molecule has 0 amide bonds. The topological polar surface area (TPSA) is 50.4 Å². The molecule has 1 aromatic rings. The predicted molar refractivity (Wildman–Crippen MR) is 76.4 cm³/mol. The van der Waals surface area contributed by atoms with E-state index in [0.717, 1.165) is 0 Å². The smallest absolute Gasteiger partial charge is 0.199 e. The third-order valence-corrected chi connectivity index (χ3v) is 3.42. The maximum absolute atomic E-state index is 5.77. The number of nitrogens with zero attached hydrogens (tertiary/aromatic N) is 1. The maximum Gasteiger partial charge on any atom is 0.199 e. The van der Waals surface area contributed by atoms with E-state index in [4.69, 9.17) is 5.73 Å². The Morgan fingerprint density at radius 1 is 1.24 bits per heavy atom. The number of nitrogens with one attached hydrogen (secondary N) is 1. The summed E-state index contributed by atoms with van der Waals surface area (Å²) in [6, 6.07) is 4.56. The first-order valence-corrected chi connectivity index (χ1v) is 6.55. The van der Waals surface area contributed by atoms with Gasteiger partial charge >= 0.3 is 0 Å². The van der Waals surface area contributed by atoms with E-state index in [1.165, 1.54) is 33.5 Å². The maximum atomic E-state index is 5.77. The molecule has 1 aromatic carbocycles. The van der Waals surface area contributed by atoms with Gasteiger partial charge in [-0.05, 0) is 57.7 Å². The highest BCUT2D eigenvalue weighted by atomic mass is 32.2. The van der Waals surface area contributed by atoms with Gasteiger partial charge in [0.2, 0.25) is 0 Å². The molecule has 0 radical (unpaired) electrons. The van der Waals surface area contributed by atoms with Crippen LogP contribution in [0.5, 0.6) is 0 Å². The number of aryl methyl sites for hydroxylation is 3. The summed E-state index contributed by atoms with van der Waals surface area (Å²) in [6.07, 6.45) is 0. The summed E-state index contributed by atoms with van der Waals surface area (Å²) in [6.45, 7) is 10.3. The van der Waals surface area contributed by atoms with E-state index in [-0.39, 0.29) is 6.04 Å². The van der Waals surface area contributed by atoms with Crippen molar-refractivity contribution in [2.24, 2.45) is 10.7 Å². The van der Waals surface area contributed by atoms with E-state index in [0.29, 0.717) is 5.96 Å². The van der Waals surface area contributed by atoms with Gasteiger partial charge in [0, 0.05) is 10.9 Å². The van der Waals surface area contributed by atoms with Crippen LogP contribution in [-0.2, 0) is 0 Å². The van der Waals surface area contributed by atoms with E-state index in [1.807, 2.05) is 13.8 Å². The minimum Gasteiger partial charge on any atom is -0.369 e. The summed E-state index contributed by atoms with van der Waals surface area (Å²) in [7, 11) is 0. The van der Waals surface area contributed by atoms with Gasteiger partial charge in [-0.3, -0.25) is 4.72 Å². The van der Waals surface area contributed by atoms with Crippen molar-refractivity contribution in [2.45, 2.75) is 45.6 Å². The van der Waals surface area contributed by atoms with Crippen LogP contribution >= 0.6 is 11.9 Å². The van der Waals surface area contributed by atoms with Gasteiger partial charge in [0.1, 0.15) is 0 Å². The van der Waals surface area contributed by atoms with Gasteiger partial charge in [0.05, 0.1) is 0 Å². The lowest BCUT2D eigenvalue weighted by Gasteiger charge is -2.12. The molecule has 17 heavy (non-hydrogen) atoms. The molecule has 0 bridgehead atoms. The lowest BCUT2D eigenvalue weighted by molar-refractivity contribution is 0.829. The van der Waals surface area contributed by atoms with E-state index in [2.05, 4.69) is 42.6 Å². The molecule has 3 N–H and O–H groups in total. The van der Waals surface area contributed by atoms with Crippen LogP contribution in [0.15, 0.2) is 22.0 Å². The third-order valence-electron chi connectivity index (χ3n) is 2.26. The summed E-state index contributed by atoms with van der Waals surface area (Å²) in [5.41, 5.74) is 9.58. The van der Waals surface area contributed by atoms with Crippen LogP contribution in [0.2, 0.25) is 0 Å². The highest BCUT2D eigenvalue weighted by molar-refractivity contribution is 7.98. The normalized spacial score (nSPS) is 12.0. The fourth-order valence-corrected chi connectivity index (χ4v) is 2.43. The minimum absolute atomic E-state index is 0.211. The van der Waals surface area contributed by atoms with Gasteiger partial charge in [-0.25, -0.2) is 4.99 Å². The third kappa shape index (κ3) is 4.30. The summed E-state index contributed by atoms with van der Waals surface area (Å²) in [5, 5.41) is 0. The Balaban J connectivity index is 2.76. The van der Waals surface area contributed by atoms with Gasteiger partial charge in [0.15, 0.2) is 5.96 Å². The van der Waals surface area contributed by atoms with Crippen LogP contribution in [-0.4, -0.2) is 12.0 Å². The molecule has 1 rings (SSSR count). The van der Waals surface area contributed by atoms with Crippen molar-refractivity contribution in [3.8, 4) is 0 Å². The van der Waals surface area contributed by atoms with Gasteiger partial charge < -0.3 is 5.73 Å². The van der Waals surface area contributed by atoms with Crippen LogP contribution in [0.1, 0.15) is 30.5 Å². The van der Waals surface area contributed by atoms with Crippen molar-refractivity contribution in [1.82, 2.24) is 4.72 Å². The molecule has 0 aliphatic heterocycles. The summed E-state index contributed by atoms with van der Waals surface area (Å²) in [5.74, 6) is 0.476. The van der Waals surface area contributed by atoms with Crippen LogP contribution in [0.25, 0.3) is 0 Å². The van der Waals surface area contributed by atoms with Gasteiger partial charge in [-0.15, -0.1) is 0 Å². The van der Waals surface area contributed by atoms with Crippen molar-refractivity contribution in [2.75, 3.05) is 0 Å². The van der Waals surface area contributed by atoms with Gasteiger partial charge in [-0.1, -0.05) is 17.7 Å². The lowest BCUT2D eigenvalue weighted by Crippen LogP contribution is -2.27. The van der Waals surface area contributed by atoms with Crippen LogP contribution in [0, 0.1) is 20.8 Å². The average Bonchev–Trinajstić information content (AvgIpc) is 2.14. The second-order valence-corrected chi connectivity index (χ2v) is 5.36. The van der Waals surface area contributed by atoms with Gasteiger partial charge in [-0.2, -0.15) is 0 Å². The monoisotopic (exact) mass is 251 g/mol. The van der Waals surface area contributed by atoms with Gasteiger partial charge in [0.25, 0.3) is 0 Å². The molecule has 0 saturated carbocycles. The second-order valence-electron chi connectivity index (χ2n) is 4.54. The van der Waals surface area contributed by atoms with Crippen molar-refractivity contribution >= 4 is 17.9 Å². The zero-order valence-corrected chi connectivity index (χ0v) is 12.0. The number of aliphatic imine (C=N–C) groups is 1. The van der Waals surface area contributed by atoms with Crippen molar-refractivity contribution in [3.05, 3.63) is 28.8 Å². The molecule has 0 heterocycles. The largest absolute Gasteiger partial charge is 0.369 e. The first-order valence-electron chi connectivity index (χ1n) is 5.74. The Hall–Kier alpha value is -1.16. The molecule has 94 valence electrons. The highest BCUT2D eigenvalue weighted by Crippen LogP contribution is 2.25. The zero-order chi connectivity index (χ0) is 13.0. The Labute approximate surface area is 108 Å². The number of guanidine groups is 1. The first kappa shape index (κ1) is 13.9. The Morgan fingerprint density at radius 3 is 2.24 bits per heavy atom. The lowest BCUT2D eigenvalue weighted by atomic mass is 10.1. The molecular weight excluding hydrogens is 230 g/mol. The Kier molecular flexibility index (Phi) is 4.87. The molecule has 0 atom stereocenters. The van der Waals surface area contributed by atoms with Crippen LogP contribution < -0.4 is 10.5 Å². The average molecular weight is 251 g/mol. The first-order chi connectivity index (χ1) is 7.90. The molecule has 0 fully saturated rings. The molecule has 0 unspecified atom stereocenters. The van der Waals surface area contributed by atoms with E-state index in [9.17, 15) is 0 Å². The molecule has 0 aliphatic rings. The molecule has 0 aliphatic carbocycles. The molecule has 3 nitrogen and oxygen atoms in total. The molecule has 0 spiro atoms. The Bertz CT molecular complexity index is 402. The number of nitrogens with two attached hydrogens (primary N) is 1. The summed E-state index contributed by atoms with van der Waals surface area (Å²) in [4.78, 5) is 5.45. The minimum atomic E-state index is 0.211. The van der Waals surface area contributed by atoms with Crippen molar-refractivity contribution in [3.63, 3.8) is 0 Å². The number of benzene rings is 1. The summed E-state index contributed by atoms with van der Waals surface area (Å²) < 4.78 is 3.08. The van der Waals surface area contributed by atoms with E-state index < -0.39 is 0 Å². The van der Waals surface area contributed by atoms with Crippen molar-refractivity contribution < 1.29 is 0 Å². The molecule has 0 saturated heterocycles. The molecule has 4 heteroatoms. The molecular formula is C13H21N3S. The fourth-order valence-electron chi connectivity index (χ4n) is 1.74.